The fraction of sp³-hybridized carbons (Fsp3) is 0.438. The number of hydrogen-bond donors (Lipinski definition) is 1. The quantitative estimate of drug-likeness (QED) is 0.866. The number of nitrogens with one attached hydrogen (secondary N) is 1. The van der Waals surface area contributed by atoms with Crippen LogP contribution >= 0.6 is 0 Å². The van der Waals surface area contributed by atoms with E-state index in [9.17, 15) is 4.79 Å². The molecule has 1 heterocycles. The van der Waals surface area contributed by atoms with Gasteiger partial charge in [0.15, 0.2) is 17.3 Å². The summed E-state index contributed by atoms with van der Waals surface area (Å²) in [4.78, 5) is 11.0. The Kier molecular flexibility index (Phi) is 5.18. The van der Waals surface area contributed by atoms with Gasteiger partial charge in [0.05, 0.1) is 6.61 Å². The maximum Gasteiger partial charge on any atom is 0.167 e. The van der Waals surface area contributed by atoms with Gasteiger partial charge in [0.1, 0.15) is 6.61 Å². The van der Waals surface area contributed by atoms with Crippen LogP contribution in [0.5, 0.6) is 11.5 Å². The van der Waals surface area contributed by atoms with Gasteiger partial charge < -0.3 is 14.8 Å². The highest BCUT2D eigenvalue weighted by atomic mass is 16.5. The molecule has 0 spiro atoms. The summed E-state index contributed by atoms with van der Waals surface area (Å²) in [6.07, 6.45) is 3.21. The van der Waals surface area contributed by atoms with Crippen molar-refractivity contribution in [3.05, 3.63) is 29.8 Å². The van der Waals surface area contributed by atoms with Crippen LogP contribution in [0.25, 0.3) is 5.57 Å². The summed E-state index contributed by atoms with van der Waals surface area (Å²) in [5, 5.41) is 3.30. The third-order valence-corrected chi connectivity index (χ3v) is 3.11. The Morgan fingerprint density at radius 3 is 2.80 bits per heavy atom. The second-order valence-electron chi connectivity index (χ2n) is 4.77. The highest BCUT2D eigenvalue weighted by molar-refractivity contribution is 5.77. The molecule has 1 N–H and O–H groups in total. The van der Waals surface area contributed by atoms with Crippen molar-refractivity contribution in [2.45, 2.75) is 20.3 Å². The predicted molar refractivity (Wildman–Crippen MR) is 79.3 cm³/mol. The van der Waals surface area contributed by atoms with Crippen molar-refractivity contribution in [1.29, 1.82) is 0 Å². The lowest BCUT2D eigenvalue weighted by Gasteiger charge is -2.17. The topological polar surface area (TPSA) is 47.6 Å². The van der Waals surface area contributed by atoms with Crippen LogP contribution in [-0.2, 0) is 4.79 Å². The van der Waals surface area contributed by atoms with Crippen LogP contribution < -0.4 is 14.8 Å². The molecule has 20 heavy (non-hydrogen) atoms. The van der Waals surface area contributed by atoms with Crippen LogP contribution in [0.4, 0.5) is 0 Å². The fourth-order valence-corrected chi connectivity index (χ4v) is 2.16. The highest BCUT2D eigenvalue weighted by Gasteiger charge is 2.11. The SMILES string of the molecule is CCOc1cc(C2=CCNCC2)ccc1OCC(C)=O. The summed E-state index contributed by atoms with van der Waals surface area (Å²) in [5.74, 6) is 1.32. The zero-order valence-corrected chi connectivity index (χ0v) is 12.1. The van der Waals surface area contributed by atoms with Crippen LogP contribution in [-0.4, -0.2) is 32.1 Å². The Balaban J connectivity index is 2.21. The molecule has 4 heteroatoms. The van der Waals surface area contributed by atoms with Crippen molar-refractivity contribution in [1.82, 2.24) is 5.32 Å². The number of ketones is 1. The predicted octanol–water partition coefficient (Wildman–Crippen LogP) is 2.43. The van der Waals surface area contributed by atoms with Crippen molar-refractivity contribution in [3.8, 4) is 11.5 Å². The summed E-state index contributed by atoms with van der Waals surface area (Å²) >= 11 is 0. The van der Waals surface area contributed by atoms with E-state index in [0.29, 0.717) is 18.1 Å². The molecule has 108 valence electrons. The molecule has 4 nitrogen and oxygen atoms in total. The second kappa shape index (κ2) is 7.10. The van der Waals surface area contributed by atoms with Crippen molar-refractivity contribution >= 4 is 11.4 Å². The summed E-state index contributed by atoms with van der Waals surface area (Å²) in [7, 11) is 0. The molecule has 0 unspecified atom stereocenters. The third-order valence-electron chi connectivity index (χ3n) is 3.11. The van der Waals surface area contributed by atoms with Gasteiger partial charge in [-0.05, 0) is 50.1 Å². The lowest BCUT2D eigenvalue weighted by Crippen LogP contribution is -2.20. The van der Waals surface area contributed by atoms with Crippen molar-refractivity contribution in [2.75, 3.05) is 26.3 Å². The molecule has 0 aliphatic carbocycles. The number of carbonyl (C=O) groups is 1. The molecular weight excluding hydrogens is 254 g/mol. The summed E-state index contributed by atoms with van der Waals surface area (Å²) in [6.45, 7) is 5.99. The van der Waals surface area contributed by atoms with E-state index < -0.39 is 0 Å². The standard InChI is InChI=1S/C16H21NO3/c1-3-19-16-10-14(13-6-8-17-9-7-13)4-5-15(16)20-11-12(2)18/h4-6,10,17H,3,7-9,11H2,1-2H3. The van der Waals surface area contributed by atoms with Gasteiger partial charge in [0.25, 0.3) is 0 Å². The van der Waals surface area contributed by atoms with E-state index in [1.807, 2.05) is 25.1 Å². The molecular formula is C16H21NO3. The number of benzene rings is 1. The Hall–Kier alpha value is -1.81. The maximum atomic E-state index is 11.0. The molecule has 0 saturated heterocycles. The van der Waals surface area contributed by atoms with Crippen LogP contribution in [0, 0.1) is 0 Å². The second-order valence-corrected chi connectivity index (χ2v) is 4.77. The number of ether oxygens (including phenoxy) is 2. The molecule has 1 aliphatic rings. The van der Waals surface area contributed by atoms with Crippen LogP contribution in [0.1, 0.15) is 25.8 Å². The van der Waals surface area contributed by atoms with E-state index in [0.717, 1.165) is 25.1 Å². The van der Waals surface area contributed by atoms with Gasteiger partial charge in [-0.25, -0.2) is 0 Å². The fourth-order valence-electron chi connectivity index (χ4n) is 2.16. The number of carbonyl (C=O) groups excluding carboxylic acids is 1. The van der Waals surface area contributed by atoms with E-state index in [1.54, 1.807) is 0 Å². The highest BCUT2D eigenvalue weighted by Crippen LogP contribution is 2.32. The van der Waals surface area contributed by atoms with Crippen LogP contribution in [0.3, 0.4) is 0 Å². The lowest BCUT2D eigenvalue weighted by molar-refractivity contribution is -0.118. The van der Waals surface area contributed by atoms with Gasteiger partial charge in [0.2, 0.25) is 0 Å². The Morgan fingerprint density at radius 1 is 1.30 bits per heavy atom. The normalized spacial score (nSPS) is 14.6. The van der Waals surface area contributed by atoms with E-state index >= 15 is 0 Å². The smallest absolute Gasteiger partial charge is 0.167 e. The molecule has 0 radical (unpaired) electrons. The van der Waals surface area contributed by atoms with Gasteiger partial charge in [-0.1, -0.05) is 12.1 Å². The van der Waals surface area contributed by atoms with E-state index in [2.05, 4.69) is 11.4 Å². The maximum absolute atomic E-state index is 11.0. The number of rotatable bonds is 6. The molecule has 1 aliphatic heterocycles. The number of hydrogen-bond acceptors (Lipinski definition) is 4. The minimum absolute atomic E-state index is 0.00223. The van der Waals surface area contributed by atoms with Crippen molar-refractivity contribution < 1.29 is 14.3 Å². The Morgan fingerprint density at radius 2 is 2.15 bits per heavy atom. The van der Waals surface area contributed by atoms with E-state index in [4.69, 9.17) is 9.47 Å². The largest absolute Gasteiger partial charge is 0.490 e. The first kappa shape index (κ1) is 14.6. The zero-order valence-electron chi connectivity index (χ0n) is 12.1. The Bertz CT molecular complexity index is 508. The minimum atomic E-state index is -0.00223. The first-order valence-corrected chi connectivity index (χ1v) is 7.00. The molecule has 0 atom stereocenters. The zero-order chi connectivity index (χ0) is 14.4. The first-order chi connectivity index (χ1) is 9.70. The first-order valence-electron chi connectivity index (χ1n) is 7.00. The molecule has 0 aromatic heterocycles. The molecule has 0 fully saturated rings. The lowest BCUT2D eigenvalue weighted by atomic mass is 10.00. The number of Topliss-reactive ketones (excluding diaryl/α,β-unsaturated/α-hetero) is 1. The third kappa shape index (κ3) is 3.84. The average molecular weight is 275 g/mol. The molecule has 1 aromatic carbocycles. The molecule has 0 saturated carbocycles. The van der Waals surface area contributed by atoms with E-state index in [-0.39, 0.29) is 12.4 Å². The monoisotopic (exact) mass is 275 g/mol. The van der Waals surface area contributed by atoms with Crippen molar-refractivity contribution in [2.24, 2.45) is 0 Å². The van der Waals surface area contributed by atoms with Gasteiger partial charge in [0, 0.05) is 6.54 Å². The molecule has 0 amide bonds. The summed E-state index contributed by atoms with van der Waals surface area (Å²) in [6, 6.07) is 5.90. The van der Waals surface area contributed by atoms with Crippen LogP contribution in [0.15, 0.2) is 24.3 Å². The molecule has 1 aromatic rings. The average Bonchev–Trinajstić information content (AvgIpc) is 2.47. The van der Waals surface area contributed by atoms with Crippen molar-refractivity contribution in [3.63, 3.8) is 0 Å². The molecule has 2 rings (SSSR count). The minimum Gasteiger partial charge on any atom is -0.490 e. The van der Waals surface area contributed by atoms with Gasteiger partial charge in [-0.15, -0.1) is 0 Å². The summed E-state index contributed by atoms with van der Waals surface area (Å²) < 4.78 is 11.1. The van der Waals surface area contributed by atoms with Gasteiger partial charge >= 0.3 is 0 Å². The Labute approximate surface area is 119 Å². The van der Waals surface area contributed by atoms with Crippen LogP contribution in [0.2, 0.25) is 0 Å². The van der Waals surface area contributed by atoms with Gasteiger partial charge in [-0.2, -0.15) is 0 Å². The summed E-state index contributed by atoms with van der Waals surface area (Å²) in [5.41, 5.74) is 2.48. The molecule has 0 bridgehead atoms. The van der Waals surface area contributed by atoms with E-state index in [1.165, 1.54) is 12.5 Å². The van der Waals surface area contributed by atoms with Gasteiger partial charge in [-0.3, -0.25) is 4.79 Å².